The molecule has 0 unspecified atom stereocenters. The molecule has 16 rings (SSSR count). The summed E-state index contributed by atoms with van der Waals surface area (Å²) >= 11 is 0. The van der Waals surface area contributed by atoms with Gasteiger partial charge < -0.3 is 47.3 Å². The molecule has 16 aromatic rings. The maximum atomic E-state index is 13.6. The van der Waals surface area contributed by atoms with Crippen LogP contribution in [0.5, 0.6) is 0 Å². The number of aryl methyl sites for hydroxylation is 17. The van der Waals surface area contributed by atoms with Crippen molar-refractivity contribution in [2.24, 2.45) is 0 Å². The minimum atomic E-state index is -0.724. The first kappa shape index (κ1) is 117. The quantitative estimate of drug-likeness (QED) is 0.102. The maximum absolute atomic E-state index is 13.6. The smallest absolute Gasteiger partial charge is 0.0600 e. The molecule has 0 aliphatic carbocycles. The van der Waals surface area contributed by atoms with E-state index in [-0.39, 0.29) is 126 Å². The molecule has 0 fully saturated rings. The van der Waals surface area contributed by atoms with E-state index in [1.165, 1.54) is 44.9 Å². The molecule has 4 radical (unpaired) electrons. The molecule has 700 valence electrons. The summed E-state index contributed by atoms with van der Waals surface area (Å²) in [5.41, 5.74) is 15.2. The Hall–Kier alpha value is -13.1. The van der Waals surface area contributed by atoms with Crippen LogP contribution in [0.3, 0.4) is 0 Å². The Labute approximate surface area is 807 Å². The van der Waals surface area contributed by atoms with Crippen LogP contribution in [0.2, 0.25) is 0 Å². The van der Waals surface area contributed by atoms with E-state index in [1.54, 1.807) is 52.3 Å². The summed E-state index contributed by atoms with van der Waals surface area (Å²) in [6.45, 7) is 49.9. The Balaban J connectivity index is 0.000000742. The van der Waals surface area contributed by atoms with Crippen molar-refractivity contribution >= 4 is 0 Å². The minimum absolute atomic E-state index is 0. The first-order valence-electron chi connectivity index (χ1n) is 37.1. The van der Waals surface area contributed by atoms with Crippen LogP contribution in [0.25, 0.3) is 45.5 Å². The van der Waals surface area contributed by atoms with Gasteiger partial charge in [0.05, 0.1) is 45.6 Å². The Kier molecular flexibility index (Phi) is 48.9. The molecule has 0 aliphatic rings. The third-order valence-corrected chi connectivity index (χ3v) is 16.6. The number of nitrogens with zero attached hydrogens (tertiary/aromatic N) is 20. The summed E-state index contributed by atoms with van der Waals surface area (Å²) in [6.07, 6.45) is 0. The van der Waals surface area contributed by atoms with Crippen molar-refractivity contribution in [3.63, 3.8) is 0 Å². The fourth-order valence-electron chi connectivity index (χ4n) is 11.8. The minimum Gasteiger partial charge on any atom is -0.512 e. The van der Waals surface area contributed by atoms with Crippen LogP contribution in [0.1, 0.15) is 96.7 Å². The number of hydrogen-bond acceptors (Lipinski definition) is 12. The molecule has 0 saturated heterocycles. The van der Waals surface area contributed by atoms with Gasteiger partial charge in [-0.3, -0.25) is 94.5 Å². The molecule has 0 atom stereocenters. The zero-order valence-electron chi connectivity index (χ0n) is 72.8. The summed E-state index contributed by atoms with van der Waals surface area (Å²) in [4.78, 5) is 0. The zero-order chi connectivity index (χ0) is 96.0. The summed E-state index contributed by atoms with van der Waals surface area (Å²) < 4.78 is 207. The van der Waals surface area contributed by atoms with E-state index in [9.17, 15) is 65.9 Å². The number of hydrogen-bond donors (Lipinski definition) is 0. The third kappa shape index (κ3) is 33.1. The van der Waals surface area contributed by atoms with Crippen LogP contribution in [0.4, 0.5) is 65.9 Å². The van der Waals surface area contributed by atoms with Crippen LogP contribution in [0, 0.1) is 301 Å². The normalized spacial score (nSPS) is 9.76. The molecule has 8 aromatic heterocycles. The zero-order valence-corrected chi connectivity index (χ0v) is 82.4. The molecular formula is C93H75F15Ir4N20-12. The molecule has 39 heteroatoms. The van der Waals surface area contributed by atoms with Crippen LogP contribution < -0.4 is 0 Å². The molecule has 0 spiro atoms. The number of halogens is 15. The van der Waals surface area contributed by atoms with Gasteiger partial charge in [0.15, 0.2) is 0 Å². The topological polar surface area (TPSA) is 238 Å². The van der Waals surface area contributed by atoms with Gasteiger partial charge in [-0.05, 0) is 205 Å². The first-order valence-corrected chi connectivity index (χ1v) is 37.1. The van der Waals surface area contributed by atoms with E-state index in [4.69, 9.17) is 47.3 Å². The molecule has 132 heavy (non-hydrogen) atoms. The van der Waals surface area contributed by atoms with Crippen molar-refractivity contribution in [3.8, 4) is 45.5 Å². The van der Waals surface area contributed by atoms with Crippen LogP contribution in [0.15, 0.2) is 146 Å². The Bertz CT molecular complexity index is 5570. The predicted octanol–water partition coefficient (Wildman–Crippen LogP) is 21.1. The van der Waals surface area contributed by atoms with Crippen LogP contribution >= 0.6 is 0 Å². The Morgan fingerprint density at radius 3 is 0.508 bits per heavy atom. The molecule has 0 bridgehead atoms. The van der Waals surface area contributed by atoms with Crippen molar-refractivity contribution in [1.29, 1.82) is 21.0 Å². The number of aromatic nitrogens is 16. The van der Waals surface area contributed by atoms with E-state index >= 15 is 0 Å². The van der Waals surface area contributed by atoms with E-state index in [0.717, 1.165) is 176 Å². The van der Waals surface area contributed by atoms with Gasteiger partial charge in [0.25, 0.3) is 0 Å². The second kappa shape index (κ2) is 55.2. The van der Waals surface area contributed by atoms with Crippen molar-refractivity contribution in [2.75, 3.05) is 0 Å². The number of rotatable bonds is 8. The standard InChI is InChI=1S/C12H12FN2.7C11H9F2N2.4CN.4Ir/c1-8-4-5-12(11(13)6-8)15-10(3)7-9(2)14-15;1-7-3-8(2)15(14-7)11-5-9(12)4-10(13)6-11;6*1-7-5-8(2)15(14-7)11-4-3-9(12)6-10(11)13;4*1-2;;;;/h4,6-7H,1-3H3;3-5H,1-2H3;6*3,5-6H,1-2H3;;;;;;;;/q12*-1;;;;. The maximum Gasteiger partial charge on any atom is 0.0600 e. The van der Waals surface area contributed by atoms with Gasteiger partial charge in [-0.2, -0.15) is 94.9 Å². The van der Waals surface area contributed by atoms with E-state index in [1.807, 2.05) is 125 Å². The summed E-state index contributed by atoms with van der Waals surface area (Å²) in [5, 5.41) is 57.9. The van der Waals surface area contributed by atoms with Crippen LogP contribution in [-0.2, 0) is 80.4 Å². The van der Waals surface area contributed by atoms with Crippen molar-refractivity contribution in [1.82, 2.24) is 78.2 Å². The molecule has 0 saturated carbocycles. The van der Waals surface area contributed by atoms with Gasteiger partial charge in [0.1, 0.15) is 0 Å². The fourth-order valence-corrected chi connectivity index (χ4v) is 11.8. The molecule has 20 nitrogen and oxygen atoms in total. The molecule has 8 heterocycles. The average Bonchev–Trinajstić information content (AvgIpc) is 1.62. The largest absolute Gasteiger partial charge is 0.512 e. The van der Waals surface area contributed by atoms with Crippen LogP contribution in [-0.4, -0.2) is 78.2 Å². The average molecular weight is 2530 g/mol. The molecular weight excluding hydrogens is 2450 g/mol. The predicted molar refractivity (Wildman–Crippen MR) is 439 cm³/mol. The molecule has 0 amide bonds. The van der Waals surface area contributed by atoms with Crippen molar-refractivity contribution in [2.45, 2.75) is 118 Å². The first-order chi connectivity index (χ1) is 60.6. The van der Waals surface area contributed by atoms with Gasteiger partial charge in [-0.25, -0.2) is 8.78 Å². The van der Waals surface area contributed by atoms with Crippen molar-refractivity contribution in [3.05, 3.63) is 404 Å². The molecule has 0 N–H and O–H groups in total. The van der Waals surface area contributed by atoms with E-state index < -0.39 is 81.4 Å². The second-order valence-corrected chi connectivity index (χ2v) is 27.2. The van der Waals surface area contributed by atoms with E-state index in [0.29, 0.717) is 5.69 Å². The fraction of sp³-hybridized carbons (Fsp3) is 0.183. The van der Waals surface area contributed by atoms with Gasteiger partial charge in [0, 0.05) is 213 Å². The Morgan fingerprint density at radius 1 is 0.205 bits per heavy atom. The van der Waals surface area contributed by atoms with Gasteiger partial charge in [0.2, 0.25) is 0 Å². The molecule has 8 aromatic carbocycles. The monoisotopic (exact) mass is 2530 g/mol. The summed E-state index contributed by atoms with van der Waals surface area (Å²) in [5.74, 6) is -9.48. The van der Waals surface area contributed by atoms with E-state index in [2.05, 4.69) is 89.3 Å². The Morgan fingerprint density at radius 2 is 0.364 bits per heavy atom. The number of benzene rings is 8. The summed E-state index contributed by atoms with van der Waals surface area (Å²) in [7, 11) is 0. The van der Waals surface area contributed by atoms with Gasteiger partial charge >= 0.3 is 0 Å². The third-order valence-electron chi connectivity index (χ3n) is 16.6. The van der Waals surface area contributed by atoms with Gasteiger partial charge in [-0.15, -0.1) is 97.1 Å². The molecule has 0 aliphatic heterocycles. The second-order valence-electron chi connectivity index (χ2n) is 27.2. The SMILES string of the molecule is Cc1c[c-]c(-n2nc(C)cc2C)c(F)c1.Cc1cc(C)n(-c2[c-]c(F)cc(F)c2)n1.Cc1cc(C)n(-c2[c-]cc(F)cc2F)n1.Cc1cc(C)n(-c2[c-]cc(F)cc2F)n1.Cc1cc(C)n(-c2[c-]cc(F)cc2F)n1.Cc1cc(C)n(-c2[c-]cc(F)cc2F)n1.Cc1cc(C)n(-c2[c-]cc(F)cc2F)n1.Cc1cc(C)n(-c2[c-]cc(F)cc2F)n1.[C-]#N.[C-]#N.[C-]#N.[C-]#N.[Ir].[Ir].[Ir].[Ir]. The summed E-state index contributed by atoms with van der Waals surface area (Å²) in [6, 6.07) is 51.8. The van der Waals surface area contributed by atoms with Gasteiger partial charge in [-0.1, -0.05) is 6.92 Å². The van der Waals surface area contributed by atoms with Crippen molar-refractivity contribution < 1.29 is 146 Å².